The number of aromatic nitrogens is 1. The van der Waals surface area contributed by atoms with Gasteiger partial charge >= 0.3 is 6.09 Å². The molecule has 1 fully saturated rings. The van der Waals surface area contributed by atoms with Crippen molar-refractivity contribution in [1.82, 2.24) is 14.8 Å². The lowest BCUT2D eigenvalue weighted by Gasteiger charge is -2.35. The van der Waals surface area contributed by atoms with Gasteiger partial charge in [0, 0.05) is 34.2 Å². The van der Waals surface area contributed by atoms with Gasteiger partial charge in [-0.1, -0.05) is 23.7 Å². The normalized spacial score (nSPS) is 19.3. The van der Waals surface area contributed by atoms with Crippen LogP contribution in [-0.2, 0) is 6.42 Å². The Morgan fingerprint density at radius 1 is 1.05 bits per heavy atom. The van der Waals surface area contributed by atoms with Crippen molar-refractivity contribution >= 4 is 28.6 Å². The number of nitrogens with one attached hydrogen (secondary N) is 1. The van der Waals surface area contributed by atoms with Crippen molar-refractivity contribution in [3.05, 3.63) is 94.4 Å². The Kier molecular flexibility index (Phi) is 7.19. The molecule has 1 aromatic heterocycles. The summed E-state index contributed by atoms with van der Waals surface area (Å²) in [6.07, 6.45) is 3.64. The minimum absolute atomic E-state index is 0.297. The second-order valence-corrected chi connectivity index (χ2v) is 10.8. The highest BCUT2D eigenvalue weighted by atomic mass is 35.5. The van der Waals surface area contributed by atoms with Gasteiger partial charge in [0.25, 0.3) is 0 Å². The molecule has 0 spiro atoms. The Hall–Kier alpha value is -3.55. The number of likely N-dealkylation sites (tertiary alicyclic amines) is 1. The number of carbonyl (C=O) groups is 1. The van der Waals surface area contributed by atoms with Crippen LogP contribution in [0.1, 0.15) is 42.1 Å². The molecule has 0 saturated carbocycles. The number of hydrogen-bond donors (Lipinski definition) is 1. The molecule has 2 aliphatic rings. The van der Waals surface area contributed by atoms with Gasteiger partial charge in [0.05, 0.1) is 6.61 Å². The van der Waals surface area contributed by atoms with Crippen LogP contribution >= 0.6 is 11.6 Å². The van der Waals surface area contributed by atoms with Crippen LogP contribution in [0.5, 0.6) is 11.5 Å². The molecule has 6 rings (SSSR count). The summed E-state index contributed by atoms with van der Waals surface area (Å²) in [7, 11) is 2.18. The van der Waals surface area contributed by atoms with Crippen molar-refractivity contribution in [3.8, 4) is 11.5 Å². The summed E-state index contributed by atoms with van der Waals surface area (Å²) >= 11 is 6.32. The van der Waals surface area contributed by atoms with E-state index in [1.54, 1.807) is 4.90 Å². The summed E-state index contributed by atoms with van der Waals surface area (Å²) in [6.45, 7) is 2.29. The Morgan fingerprint density at radius 2 is 1.82 bits per heavy atom. The molecule has 2 unspecified atom stereocenters. The molecule has 0 aliphatic carbocycles. The van der Waals surface area contributed by atoms with Gasteiger partial charge in [0.1, 0.15) is 23.4 Å². The minimum Gasteiger partial charge on any atom is -0.494 e. The fourth-order valence-electron chi connectivity index (χ4n) is 5.87. The summed E-state index contributed by atoms with van der Waals surface area (Å²) in [5.41, 5.74) is 3.99. The van der Waals surface area contributed by atoms with Gasteiger partial charge in [0.2, 0.25) is 0 Å². The molecule has 39 heavy (non-hydrogen) atoms. The van der Waals surface area contributed by atoms with Gasteiger partial charge in [0.15, 0.2) is 0 Å². The van der Waals surface area contributed by atoms with E-state index in [4.69, 9.17) is 21.1 Å². The molecule has 3 heterocycles. The van der Waals surface area contributed by atoms with Gasteiger partial charge in [-0.15, -0.1) is 0 Å². The molecule has 1 saturated heterocycles. The Morgan fingerprint density at radius 3 is 2.56 bits per heavy atom. The first kappa shape index (κ1) is 25.7. The molecular formula is C31H31ClFN3O3. The fraction of sp³-hybridized carbons (Fsp3) is 0.323. The number of carbonyl (C=O) groups excluding carboxylic acids is 1. The maximum atomic E-state index is 13.4. The minimum atomic E-state index is -0.491. The van der Waals surface area contributed by atoms with E-state index in [1.165, 1.54) is 37.1 Å². The Bertz CT molecular complexity index is 1470. The fourth-order valence-corrected chi connectivity index (χ4v) is 6.04. The molecule has 2 aliphatic heterocycles. The third-order valence-electron chi connectivity index (χ3n) is 7.93. The van der Waals surface area contributed by atoms with Crippen LogP contribution in [-0.4, -0.2) is 53.7 Å². The van der Waals surface area contributed by atoms with Crippen LogP contribution in [0.25, 0.3) is 10.9 Å². The highest BCUT2D eigenvalue weighted by Crippen LogP contribution is 2.40. The average Bonchev–Trinajstić information content (AvgIpc) is 3.52. The van der Waals surface area contributed by atoms with Crippen LogP contribution in [0.3, 0.4) is 0 Å². The maximum Gasteiger partial charge on any atom is 0.416 e. The van der Waals surface area contributed by atoms with Crippen LogP contribution in [0, 0.1) is 5.82 Å². The highest BCUT2D eigenvalue weighted by molar-refractivity contribution is 6.31. The second-order valence-electron chi connectivity index (χ2n) is 10.4. The van der Waals surface area contributed by atoms with E-state index < -0.39 is 12.1 Å². The standard InChI is InChI=1S/C31H31ClFN3O3/c1-35-16-2-3-23(35)15-18-38-24-9-4-20(5-10-24)30-29-26(27-19-21(32)6-13-28(27)34-29)14-17-36(30)31(37)39-25-11-7-22(33)8-12-25/h4-13,19,23,30,34H,2-3,14-18H2,1H3. The number of benzene rings is 3. The molecule has 202 valence electrons. The predicted molar refractivity (Wildman–Crippen MR) is 150 cm³/mol. The summed E-state index contributed by atoms with van der Waals surface area (Å²) in [6, 6.07) is 19.4. The lowest BCUT2D eigenvalue weighted by atomic mass is 9.92. The number of nitrogens with zero attached hydrogens (tertiary/aromatic N) is 2. The number of amides is 1. The third kappa shape index (κ3) is 5.34. The lowest BCUT2D eigenvalue weighted by molar-refractivity contribution is 0.135. The first-order chi connectivity index (χ1) is 19.0. The summed E-state index contributed by atoms with van der Waals surface area (Å²) in [5.74, 6) is 0.718. The van der Waals surface area contributed by atoms with Crippen LogP contribution < -0.4 is 9.47 Å². The monoisotopic (exact) mass is 547 g/mol. The zero-order valence-electron chi connectivity index (χ0n) is 21.8. The molecule has 2 atom stereocenters. The molecule has 8 heteroatoms. The van der Waals surface area contributed by atoms with Gasteiger partial charge in [-0.25, -0.2) is 9.18 Å². The molecule has 4 aromatic rings. The van der Waals surface area contributed by atoms with Gasteiger partial charge in [-0.2, -0.15) is 0 Å². The SMILES string of the molecule is CN1CCCC1CCOc1ccc(C2c3[nH]c4ccc(Cl)cc4c3CCN2C(=O)Oc2ccc(F)cc2)cc1. The van der Waals surface area contributed by atoms with Crippen LogP contribution in [0.15, 0.2) is 66.7 Å². The van der Waals surface area contributed by atoms with Crippen molar-refractivity contribution in [2.45, 2.75) is 37.8 Å². The Balaban J connectivity index is 1.27. The first-order valence-electron chi connectivity index (χ1n) is 13.4. The van der Waals surface area contributed by atoms with E-state index in [0.29, 0.717) is 36.4 Å². The van der Waals surface area contributed by atoms with E-state index in [0.717, 1.165) is 46.4 Å². The smallest absolute Gasteiger partial charge is 0.416 e. The van der Waals surface area contributed by atoms with E-state index in [-0.39, 0.29) is 5.82 Å². The lowest BCUT2D eigenvalue weighted by Crippen LogP contribution is -2.42. The van der Waals surface area contributed by atoms with E-state index in [2.05, 4.69) is 16.9 Å². The van der Waals surface area contributed by atoms with E-state index in [1.807, 2.05) is 42.5 Å². The molecule has 3 aromatic carbocycles. The molecule has 1 N–H and O–H groups in total. The van der Waals surface area contributed by atoms with Crippen molar-refractivity contribution in [3.63, 3.8) is 0 Å². The predicted octanol–water partition coefficient (Wildman–Crippen LogP) is 6.97. The molecule has 6 nitrogen and oxygen atoms in total. The van der Waals surface area contributed by atoms with Crippen molar-refractivity contribution in [1.29, 1.82) is 0 Å². The van der Waals surface area contributed by atoms with Gasteiger partial charge in [-0.05, 0) is 105 Å². The second kappa shape index (κ2) is 10.9. The van der Waals surface area contributed by atoms with E-state index in [9.17, 15) is 9.18 Å². The summed E-state index contributed by atoms with van der Waals surface area (Å²) < 4.78 is 25.1. The molecule has 0 radical (unpaired) electrons. The summed E-state index contributed by atoms with van der Waals surface area (Å²) in [4.78, 5) is 21.1. The zero-order chi connectivity index (χ0) is 26.9. The van der Waals surface area contributed by atoms with Crippen LogP contribution in [0.2, 0.25) is 5.02 Å². The number of halogens is 2. The molecular weight excluding hydrogens is 517 g/mol. The van der Waals surface area contributed by atoms with Gasteiger partial charge < -0.3 is 19.4 Å². The van der Waals surface area contributed by atoms with Crippen LogP contribution in [0.4, 0.5) is 9.18 Å². The number of aromatic amines is 1. The molecule has 0 bridgehead atoms. The zero-order valence-corrected chi connectivity index (χ0v) is 22.6. The van der Waals surface area contributed by atoms with Gasteiger partial charge in [-0.3, -0.25) is 4.90 Å². The average molecular weight is 548 g/mol. The Labute approximate surface area is 232 Å². The largest absolute Gasteiger partial charge is 0.494 e. The number of rotatable bonds is 6. The van der Waals surface area contributed by atoms with Crippen molar-refractivity contribution < 1.29 is 18.7 Å². The number of H-pyrrole nitrogens is 1. The van der Waals surface area contributed by atoms with Crippen molar-refractivity contribution in [2.75, 3.05) is 26.7 Å². The highest BCUT2D eigenvalue weighted by Gasteiger charge is 2.36. The topological polar surface area (TPSA) is 57.8 Å². The quantitative estimate of drug-likeness (QED) is 0.283. The van der Waals surface area contributed by atoms with Crippen molar-refractivity contribution in [2.24, 2.45) is 0 Å². The van der Waals surface area contributed by atoms with E-state index >= 15 is 0 Å². The summed E-state index contributed by atoms with van der Waals surface area (Å²) in [5, 5.41) is 1.73. The number of ether oxygens (including phenoxy) is 2. The first-order valence-corrected chi connectivity index (χ1v) is 13.8. The maximum absolute atomic E-state index is 13.4. The number of hydrogen-bond acceptors (Lipinski definition) is 4. The number of fused-ring (bicyclic) bond motifs is 3. The third-order valence-corrected chi connectivity index (χ3v) is 8.16. The molecule has 1 amide bonds.